The summed E-state index contributed by atoms with van der Waals surface area (Å²) in [5.41, 5.74) is -1.66. The lowest BCUT2D eigenvalue weighted by Gasteiger charge is -2.05. The zero-order valence-corrected chi connectivity index (χ0v) is 12.5. The Morgan fingerprint density at radius 2 is 0.833 bits per heavy atom. The normalized spacial score (nSPS) is 12.7. The van der Waals surface area contributed by atoms with Crippen molar-refractivity contribution in [2.45, 2.75) is 13.8 Å². The molecule has 0 unspecified atom stereocenters. The van der Waals surface area contributed by atoms with Crippen LogP contribution in [0.1, 0.15) is 13.8 Å². The highest BCUT2D eigenvalue weighted by molar-refractivity contribution is 6.41. The molecule has 0 atom stereocenters. The first-order valence-corrected chi connectivity index (χ1v) is 6.59. The molecule has 2 aromatic rings. The molecule has 0 saturated heterocycles. The fourth-order valence-corrected chi connectivity index (χ4v) is 1.78. The smallest absolute Gasteiger partial charge is 0.154 e. The molecule has 24 heavy (non-hydrogen) atoms. The largest absolute Gasteiger partial charge is 0.246 e. The van der Waals surface area contributed by atoms with Crippen LogP contribution < -0.4 is 0 Å². The van der Waals surface area contributed by atoms with Gasteiger partial charge in [-0.05, 0) is 13.8 Å². The fourth-order valence-electron chi connectivity index (χ4n) is 1.78. The summed E-state index contributed by atoms with van der Waals surface area (Å²) in [5, 5.41) is 0. The van der Waals surface area contributed by atoms with Gasteiger partial charge in [0.1, 0.15) is 23.0 Å². The monoisotopic (exact) mass is 344 g/mol. The molecule has 0 aliphatic heterocycles. The van der Waals surface area contributed by atoms with Crippen LogP contribution in [-0.2, 0) is 0 Å². The highest BCUT2D eigenvalue weighted by Crippen LogP contribution is 2.25. The summed E-state index contributed by atoms with van der Waals surface area (Å²) in [6, 6.07) is 1.78. The zero-order chi connectivity index (χ0) is 18.0. The lowest BCUT2D eigenvalue weighted by Crippen LogP contribution is -2.06. The molecule has 0 bridgehead atoms. The molecule has 0 aromatic heterocycles. The molecule has 2 rings (SSSR count). The van der Waals surface area contributed by atoms with E-state index in [0.717, 1.165) is 0 Å². The van der Waals surface area contributed by atoms with Gasteiger partial charge >= 0.3 is 0 Å². The van der Waals surface area contributed by atoms with Crippen molar-refractivity contribution in [2.24, 2.45) is 9.98 Å². The minimum atomic E-state index is -1.24. The Bertz CT molecular complexity index is 740. The van der Waals surface area contributed by atoms with Gasteiger partial charge in [0.25, 0.3) is 0 Å². The minimum absolute atomic E-state index is 0.0671. The van der Waals surface area contributed by atoms with E-state index < -0.39 is 46.3 Å². The maximum absolute atomic E-state index is 13.5. The van der Waals surface area contributed by atoms with Gasteiger partial charge in [-0.25, -0.2) is 36.3 Å². The van der Waals surface area contributed by atoms with E-state index >= 15 is 0 Å². The van der Waals surface area contributed by atoms with Crippen molar-refractivity contribution in [1.82, 2.24) is 0 Å². The average molecular weight is 344 g/mol. The van der Waals surface area contributed by atoms with E-state index in [1.54, 1.807) is 0 Å². The second-order valence-electron chi connectivity index (χ2n) is 4.83. The summed E-state index contributed by atoms with van der Waals surface area (Å²) in [6.45, 7) is 2.58. The van der Waals surface area contributed by atoms with Crippen molar-refractivity contribution in [3.05, 3.63) is 59.2 Å². The van der Waals surface area contributed by atoms with E-state index in [1.807, 2.05) is 0 Å². The maximum atomic E-state index is 13.5. The van der Waals surface area contributed by atoms with Gasteiger partial charge in [-0.1, -0.05) is 0 Å². The highest BCUT2D eigenvalue weighted by atomic mass is 19.2. The maximum Gasteiger partial charge on any atom is 0.154 e. The predicted molar refractivity (Wildman–Crippen MR) is 78.2 cm³/mol. The number of hydrogen-bond donors (Lipinski definition) is 0. The summed E-state index contributed by atoms with van der Waals surface area (Å²) in [6.07, 6.45) is 0. The lowest BCUT2D eigenvalue weighted by atomic mass is 10.2. The molecule has 0 saturated carbocycles. The number of rotatable bonds is 3. The van der Waals surface area contributed by atoms with Crippen molar-refractivity contribution in [3.63, 3.8) is 0 Å². The van der Waals surface area contributed by atoms with E-state index in [-0.39, 0.29) is 11.4 Å². The van der Waals surface area contributed by atoms with Crippen LogP contribution in [0.2, 0.25) is 0 Å². The SMILES string of the molecule is CC(=Nc1c(F)cc(F)cc1F)C(C)=Nc1c(F)cc(F)cc1F. The highest BCUT2D eigenvalue weighted by Gasteiger charge is 2.14. The van der Waals surface area contributed by atoms with Crippen LogP contribution >= 0.6 is 0 Å². The van der Waals surface area contributed by atoms with Crippen LogP contribution in [0.25, 0.3) is 0 Å². The van der Waals surface area contributed by atoms with Crippen molar-refractivity contribution in [2.75, 3.05) is 0 Å². The Balaban J connectivity index is 2.45. The van der Waals surface area contributed by atoms with Gasteiger partial charge in [0.15, 0.2) is 23.3 Å². The van der Waals surface area contributed by atoms with Gasteiger partial charge in [0, 0.05) is 24.3 Å². The van der Waals surface area contributed by atoms with Crippen LogP contribution in [0.3, 0.4) is 0 Å². The molecule has 2 aromatic carbocycles. The first kappa shape index (κ1) is 17.7. The molecule has 8 heteroatoms. The summed E-state index contributed by atoms with van der Waals surface area (Å²) in [5.74, 6) is -7.17. The van der Waals surface area contributed by atoms with Crippen molar-refractivity contribution < 1.29 is 26.3 Å². The van der Waals surface area contributed by atoms with Crippen LogP contribution in [0.5, 0.6) is 0 Å². The standard InChI is InChI=1S/C16H10F6N2/c1-7(23-15-11(19)3-9(17)4-12(15)20)8(2)24-16-13(21)5-10(18)6-14(16)22/h3-6H,1-2H3. The molecule has 0 aliphatic rings. The van der Waals surface area contributed by atoms with Crippen molar-refractivity contribution in [3.8, 4) is 0 Å². The molecule has 0 fully saturated rings. The molecular formula is C16H10F6N2. The van der Waals surface area contributed by atoms with Crippen LogP contribution in [0, 0.1) is 34.9 Å². The van der Waals surface area contributed by atoms with E-state index in [1.165, 1.54) is 13.8 Å². The molecule has 0 spiro atoms. The summed E-state index contributed by atoms with van der Waals surface area (Å²) in [7, 11) is 0. The first-order valence-electron chi connectivity index (χ1n) is 6.59. The fraction of sp³-hybridized carbons (Fsp3) is 0.125. The van der Waals surface area contributed by atoms with Crippen molar-refractivity contribution in [1.29, 1.82) is 0 Å². The summed E-state index contributed by atoms with van der Waals surface area (Å²) >= 11 is 0. The molecule has 0 N–H and O–H groups in total. The van der Waals surface area contributed by atoms with Crippen LogP contribution in [0.15, 0.2) is 34.3 Å². The second kappa shape index (κ2) is 6.86. The van der Waals surface area contributed by atoms with E-state index in [2.05, 4.69) is 9.98 Å². The molecule has 0 heterocycles. The molecule has 0 aliphatic carbocycles. The van der Waals surface area contributed by atoms with Gasteiger partial charge in [-0.15, -0.1) is 0 Å². The Hall–Kier alpha value is -2.64. The van der Waals surface area contributed by atoms with Crippen molar-refractivity contribution >= 4 is 22.8 Å². The quantitative estimate of drug-likeness (QED) is 0.526. The number of halogens is 6. The molecular weight excluding hydrogens is 334 g/mol. The van der Waals surface area contributed by atoms with E-state index in [4.69, 9.17) is 0 Å². The van der Waals surface area contributed by atoms with E-state index in [0.29, 0.717) is 24.3 Å². The Kier molecular flexibility index (Phi) is 5.06. The van der Waals surface area contributed by atoms with Gasteiger partial charge in [0.2, 0.25) is 0 Å². The Labute approximate surface area is 133 Å². The third kappa shape index (κ3) is 3.81. The third-order valence-electron chi connectivity index (χ3n) is 3.05. The molecule has 0 radical (unpaired) electrons. The van der Waals surface area contributed by atoms with Crippen LogP contribution in [-0.4, -0.2) is 11.4 Å². The number of benzene rings is 2. The second-order valence-corrected chi connectivity index (χ2v) is 4.83. The third-order valence-corrected chi connectivity index (χ3v) is 3.05. The first-order chi connectivity index (χ1) is 11.2. The number of hydrogen-bond acceptors (Lipinski definition) is 2. The van der Waals surface area contributed by atoms with E-state index in [9.17, 15) is 26.3 Å². The zero-order valence-electron chi connectivity index (χ0n) is 12.5. The molecule has 2 nitrogen and oxygen atoms in total. The molecule has 0 amide bonds. The molecule has 126 valence electrons. The predicted octanol–water partition coefficient (Wildman–Crippen LogP) is 5.41. The average Bonchev–Trinajstić information content (AvgIpc) is 2.46. The summed E-state index contributed by atoms with van der Waals surface area (Å²) in [4.78, 5) is 7.24. The van der Waals surface area contributed by atoms with Gasteiger partial charge < -0.3 is 0 Å². The van der Waals surface area contributed by atoms with Gasteiger partial charge in [0.05, 0.1) is 11.4 Å². The van der Waals surface area contributed by atoms with Gasteiger partial charge in [-0.3, -0.25) is 0 Å². The Morgan fingerprint density at radius 3 is 1.08 bits per heavy atom. The van der Waals surface area contributed by atoms with Gasteiger partial charge in [-0.2, -0.15) is 0 Å². The number of aliphatic imine (C=N–C) groups is 2. The van der Waals surface area contributed by atoms with Crippen LogP contribution in [0.4, 0.5) is 37.7 Å². The topological polar surface area (TPSA) is 24.7 Å². The minimum Gasteiger partial charge on any atom is -0.246 e. The lowest BCUT2D eigenvalue weighted by molar-refractivity contribution is 0.545. The Morgan fingerprint density at radius 1 is 0.583 bits per heavy atom. The number of nitrogens with zero attached hydrogens (tertiary/aromatic N) is 2. The summed E-state index contributed by atoms with van der Waals surface area (Å²) < 4.78 is 79.9.